The molecule has 24 heavy (non-hydrogen) atoms. The fourth-order valence-corrected chi connectivity index (χ4v) is 3.40. The van der Waals surface area contributed by atoms with Gasteiger partial charge in [0.15, 0.2) is 0 Å². The van der Waals surface area contributed by atoms with Crippen molar-refractivity contribution in [3.63, 3.8) is 0 Å². The van der Waals surface area contributed by atoms with Crippen molar-refractivity contribution >= 4 is 24.2 Å². The highest BCUT2D eigenvalue weighted by Crippen LogP contribution is 2.13. The lowest BCUT2D eigenvalue weighted by molar-refractivity contribution is -0.131. The zero-order valence-corrected chi connectivity index (χ0v) is 14.8. The third-order valence-electron chi connectivity index (χ3n) is 4.74. The molecule has 3 rings (SSSR count). The van der Waals surface area contributed by atoms with Crippen LogP contribution in [0.15, 0.2) is 30.3 Å². The van der Waals surface area contributed by atoms with Crippen LogP contribution in [0.5, 0.6) is 0 Å². The first kappa shape index (κ1) is 18.7. The van der Waals surface area contributed by atoms with Gasteiger partial charge in [0, 0.05) is 44.2 Å². The van der Waals surface area contributed by atoms with Crippen molar-refractivity contribution in [1.29, 1.82) is 0 Å². The monoisotopic (exact) mass is 351 g/mol. The van der Waals surface area contributed by atoms with Crippen LogP contribution in [-0.2, 0) is 4.79 Å². The Morgan fingerprint density at radius 3 is 2.42 bits per heavy atom. The molecular formula is C18H26ClN3O2. The Bertz CT molecular complexity index is 546. The van der Waals surface area contributed by atoms with E-state index in [0.29, 0.717) is 25.6 Å². The lowest BCUT2D eigenvalue weighted by atomic mass is 10.1. The zero-order chi connectivity index (χ0) is 16.1. The summed E-state index contributed by atoms with van der Waals surface area (Å²) in [6, 6.07) is 9.72. The van der Waals surface area contributed by atoms with E-state index in [2.05, 4.69) is 5.32 Å². The lowest BCUT2D eigenvalue weighted by Gasteiger charge is -2.23. The maximum atomic E-state index is 12.5. The third-order valence-corrected chi connectivity index (χ3v) is 4.74. The molecule has 132 valence electrons. The number of carbonyl (C=O) groups is 2. The molecule has 0 saturated carbocycles. The van der Waals surface area contributed by atoms with Gasteiger partial charge < -0.3 is 15.1 Å². The second-order valence-electron chi connectivity index (χ2n) is 6.39. The van der Waals surface area contributed by atoms with E-state index in [1.807, 2.05) is 40.1 Å². The molecule has 0 bridgehead atoms. The zero-order valence-electron chi connectivity index (χ0n) is 13.9. The van der Waals surface area contributed by atoms with Crippen LogP contribution in [0.3, 0.4) is 0 Å². The number of hydrogen-bond donors (Lipinski definition) is 1. The van der Waals surface area contributed by atoms with Gasteiger partial charge in [-0.05, 0) is 37.9 Å². The summed E-state index contributed by atoms with van der Waals surface area (Å²) < 4.78 is 0. The summed E-state index contributed by atoms with van der Waals surface area (Å²) in [6.45, 7) is 3.77. The Labute approximate surface area is 149 Å². The van der Waals surface area contributed by atoms with Crippen molar-refractivity contribution in [2.24, 2.45) is 0 Å². The van der Waals surface area contributed by atoms with Gasteiger partial charge in [-0.2, -0.15) is 0 Å². The van der Waals surface area contributed by atoms with Crippen molar-refractivity contribution in [3.05, 3.63) is 35.9 Å². The van der Waals surface area contributed by atoms with Crippen molar-refractivity contribution in [2.75, 3.05) is 32.7 Å². The predicted molar refractivity (Wildman–Crippen MR) is 96.4 cm³/mol. The first-order valence-corrected chi connectivity index (χ1v) is 8.59. The molecule has 1 unspecified atom stereocenters. The molecule has 2 amide bonds. The number of hydrogen-bond acceptors (Lipinski definition) is 3. The van der Waals surface area contributed by atoms with E-state index in [0.717, 1.165) is 44.5 Å². The highest BCUT2D eigenvalue weighted by atomic mass is 35.5. The average molecular weight is 352 g/mol. The Morgan fingerprint density at radius 1 is 1.00 bits per heavy atom. The molecule has 0 aromatic heterocycles. The molecule has 1 N–H and O–H groups in total. The summed E-state index contributed by atoms with van der Waals surface area (Å²) >= 11 is 0. The molecule has 0 radical (unpaired) electrons. The summed E-state index contributed by atoms with van der Waals surface area (Å²) in [7, 11) is 0. The van der Waals surface area contributed by atoms with Crippen LogP contribution in [-0.4, -0.2) is 60.4 Å². The van der Waals surface area contributed by atoms with Gasteiger partial charge in [-0.25, -0.2) is 0 Å². The minimum absolute atomic E-state index is 0. The summed E-state index contributed by atoms with van der Waals surface area (Å²) in [5.74, 6) is 0.288. The first-order valence-electron chi connectivity index (χ1n) is 8.59. The normalized spacial score (nSPS) is 21.1. The second-order valence-corrected chi connectivity index (χ2v) is 6.39. The predicted octanol–water partition coefficient (Wildman–Crippen LogP) is 1.93. The van der Waals surface area contributed by atoms with Gasteiger partial charge >= 0.3 is 0 Å². The molecule has 5 nitrogen and oxygen atoms in total. The molecular weight excluding hydrogens is 326 g/mol. The van der Waals surface area contributed by atoms with Crippen molar-refractivity contribution < 1.29 is 9.59 Å². The molecule has 2 saturated heterocycles. The van der Waals surface area contributed by atoms with Gasteiger partial charge in [-0.15, -0.1) is 12.4 Å². The van der Waals surface area contributed by atoms with Gasteiger partial charge in [0.05, 0.1) is 0 Å². The number of carbonyl (C=O) groups excluding carboxylic acids is 2. The van der Waals surface area contributed by atoms with E-state index in [-0.39, 0.29) is 24.2 Å². The standard InChI is InChI=1S/C18H25N3O2.ClH/c22-17(14-16-8-4-9-19-16)20-10-5-11-21(13-12-20)18(23)15-6-2-1-3-7-15;/h1-3,6-7,16,19H,4-5,8-14H2;1H. The number of benzene rings is 1. The molecule has 1 aromatic carbocycles. The molecule has 0 spiro atoms. The molecule has 2 heterocycles. The molecule has 2 aliphatic heterocycles. The fourth-order valence-electron chi connectivity index (χ4n) is 3.40. The van der Waals surface area contributed by atoms with Crippen LogP contribution < -0.4 is 5.32 Å². The Morgan fingerprint density at radius 2 is 1.71 bits per heavy atom. The van der Waals surface area contributed by atoms with E-state index in [1.54, 1.807) is 0 Å². The Kier molecular flexibility index (Phi) is 7.06. The molecule has 1 aromatic rings. The largest absolute Gasteiger partial charge is 0.341 e. The molecule has 2 fully saturated rings. The highest BCUT2D eigenvalue weighted by molar-refractivity contribution is 5.94. The Hall–Kier alpha value is -1.59. The van der Waals surface area contributed by atoms with E-state index in [9.17, 15) is 9.59 Å². The van der Waals surface area contributed by atoms with Crippen LogP contribution in [0, 0.1) is 0 Å². The van der Waals surface area contributed by atoms with Crippen LogP contribution in [0.4, 0.5) is 0 Å². The lowest BCUT2D eigenvalue weighted by Crippen LogP contribution is -2.39. The fraction of sp³-hybridized carbons (Fsp3) is 0.556. The van der Waals surface area contributed by atoms with Gasteiger partial charge in [-0.1, -0.05) is 18.2 Å². The maximum absolute atomic E-state index is 12.5. The number of rotatable bonds is 3. The van der Waals surface area contributed by atoms with Gasteiger partial charge in [-0.3, -0.25) is 9.59 Å². The van der Waals surface area contributed by atoms with Crippen molar-refractivity contribution in [3.8, 4) is 0 Å². The smallest absolute Gasteiger partial charge is 0.253 e. The maximum Gasteiger partial charge on any atom is 0.253 e. The van der Waals surface area contributed by atoms with Crippen molar-refractivity contribution in [2.45, 2.75) is 31.7 Å². The molecule has 0 aliphatic carbocycles. The van der Waals surface area contributed by atoms with Crippen molar-refractivity contribution in [1.82, 2.24) is 15.1 Å². The second kappa shape index (κ2) is 9.04. The quantitative estimate of drug-likeness (QED) is 0.905. The minimum Gasteiger partial charge on any atom is -0.341 e. The number of halogens is 1. The SMILES string of the molecule is Cl.O=C(CC1CCCN1)N1CCCN(C(=O)c2ccccc2)CC1. The number of nitrogens with zero attached hydrogens (tertiary/aromatic N) is 2. The van der Waals surface area contributed by atoms with Crippen LogP contribution in [0.2, 0.25) is 0 Å². The van der Waals surface area contributed by atoms with Gasteiger partial charge in [0.25, 0.3) is 5.91 Å². The Balaban J connectivity index is 0.00000208. The summed E-state index contributed by atoms with van der Waals surface area (Å²) in [4.78, 5) is 28.8. The van der Waals surface area contributed by atoms with E-state index in [1.165, 1.54) is 0 Å². The highest BCUT2D eigenvalue weighted by Gasteiger charge is 2.25. The first-order chi connectivity index (χ1) is 11.2. The van der Waals surface area contributed by atoms with Gasteiger partial charge in [0.2, 0.25) is 5.91 Å². The van der Waals surface area contributed by atoms with Crippen LogP contribution in [0.1, 0.15) is 36.0 Å². The van der Waals surface area contributed by atoms with Crippen LogP contribution >= 0.6 is 12.4 Å². The van der Waals surface area contributed by atoms with E-state index < -0.39 is 0 Å². The summed E-state index contributed by atoms with van der Waals surface area (Å²) in [5, 5.41) is 3.38. The van der Waals surface area contributed by atoms with Gasteiger partial charge in [0.1, 0.15) is 0 Å². The third kappa shape index (κ3) is 4.71. The topological polar surface area (TPSA) is 52.7 Å². The number of nitrogens with one attached hydrogen (secondary N) is 1. The minimum atomic E-state index is 0. The van der Waals surface area contributed by atoms with Crippen LogP contribution in [0.25, 0.3) is 0 Å². The van der Waals surface area contributed by atoms with E-state index in [4.69, 9.17) is 0 Å². The summed E-state index contributed by atoms with van der Waals surface area (Å²) in [6.07, 6.45) is 3.70. The molecule has 2 aliphatic rings. The average Bonchev–Trinajstić information content (AvgIpc) is 2.96. The number of amides is 2. The summed E-state index contributed by atoms with van der Waals surface area (Å²) in [5.41, 5.74) is 0.724. The molecule has 6 heteroatoms. The van der Waals surface area contributed by atoms with E-state index >= 15 is 0 Å². The molecule has 1 atom stereocenters.